The van der Waals surface area contributed by atoms with Crippen LogP contribution in [0.1, 0.15) is 33.1 Å². The SMILES string of the molecule is CC/C=C/[C@@H](C)C[C@H](CN)CC(=O)O. The van der Waals surface area contributed by atoms with Gasteiger partial charge in [0.05, 0.1) is 0 Å². The molecular formula is C11H21NO2. The van der Waals surface area contributed by atoms with E-state index in [9.17, 15) is 4.79 Å². The van der Waals surface area contributed by atoms with Gasteiger partial charge in [0, 0.05) is 6.42 Å². The fourth-order valence-electron chi connectivity index (χ4n) is 1.48. The Kier molecular flexibility index (Phi) is 7.11. The first-order valence-corrected chi connectivity index (χ1v) is 5.18. The van der Waals surface area contributed by atoms with Crippen LogP contribution in [0.4, 0.5) is 0 Å². The summed E-state index contributed by atoms with van der Waals surface area (Å²) in [6.45, 7) is 4.63. The Labute approximate surface area is 86.0 Å². The first-order chi connectivity index (χ1) is 6.60. The number of allylic oxidation sites excluding steroid dienone is 2. The second-order valence-corrected chi connectivity index (χ2v) is 3.75. The average molecular weight is 199 g/mol. The van der Waals surface area contributed by atoms with Crippen LogP contribution in [0.15, 0.2) is 12.2 Å². The molecule has 0 saturated carbocycles. The van der Waals surface area contributed by atoms with Crippen LogP contribution in [0.3, 0.4) is 0 Å². The third kappa shape index (κ3) is 6.66. The van der Waals surface area contributed by atoms with E-state index in [0.29, 0.717) is 12.5 Å². The normalized spacial score (nSPS) is 15.6. The highest BCUT2D eigenvalue weighted by Gasteiger charge is 2.13. The molecule has 0 heterocycles. The minimum Gasteiger partial charge on any atom is -0.481 e. The minimum atomic E-state index is -0.757. The van der Waals surface area contributed by atoms with Crippen LogP contribution < -0.4 is 5.73 Å². The molecule has 0 aliphatic heterocycles. The quantitative estimate of drug-likeness (QED) is 0.617. The Balaban J connectivity index is 3.91. The molecule has 0 fully saturated rings. The highest BCUT2D eigenvalue weighted by molar-refractivity contribution is 5.67. The number of carbonyl (C=O) groups is 1. The van der Waals surface area contributed by atoms with Gasteiger partial charge in [-0.2, -0.15) is 0 Å². The van der Waals surface area contributed by atoms with Gasteiger partial charge in [0.1, 0.15) is 0 Å². The monoisotopic (exact) mass is 199 g/mol. The topological polar surface area (TPSA) is 63.3 Å². The summed E-state index contributed by atoms with van der Waals surface area (Å²) in [6.07, 6.45) is 6.31. The first-order valence-electron chi connectivity index (χ1n) is 5.18. The molecular weight excluding hydrogens is 178 g/mol. The second-order valence-electron chi connectivity index (χ2n) is 3.75. The average Bonchev–Trinajstić information content (AvgIpc) is 2.12. The van der Waals surface area contributed by atoms with Gasteiger partial charge in [0.25, 0.3) is 0 Å². The number of aliphatic carboxylic acids is 1. The molecule has 0 aliphatic rings. The maximum Gasteiger partial charge on any atom is 0.303 e. The van der Waals surface area contributed by atoms with Crippen molar-refractivity contribution in [1.29, 1.82) is 0 Å². The number of carboxylic acid groups (broad SMARTS) is 1. The van der Waals surface area contributed by atoms with E-state index >= 15 is 0 Å². The zero-order chi connectivity index (χ0) is 11.0. The highest BCUT2D eigenvalue weighted by atomic mass is 16.4. The number of carboxylic acids is 1. The molecule has 3 heteroatoms. The van der Waals surface area contributed by atoms with Crippen LogP contribution in [0, 0.1) is 11.8 Å². The van der Waals surface area contributed by atoms with Gasteiger partial charge in [0.2, 0.25) is 0 Å². The van der Waals surface area contributed by atoms with Gasteiger partial charge >= 0.3 is 5.97 Å². The van der Waals surface area contributed by atoms with Gasteiger partial charge < -0.3 is 10.8 Å². The largest absolute Gasteiger partial charge is 0.481 e. The van der Waals surface area contributed by atoms with Gasteiger partial charge in [-0.25, -0.2) is 0 Å². The lowest BCUT2D eigenvalue weighted by Gasteiger charge is -2.15. The number of rotatable bonds is 7. The first kappa shape index (κ1) is 13.2. The van der Waals surface area contributed by atoms with E-state index in [-0.39, 0.29) is 12.3 Å². The summed E-state index contributed by atoms with van der Waals surface area (Å²) in [5.41, 5.74) is 5.51. The number of hydrogen-bond donors (Lipinski definition) is 2. The molecule has 0 amide bonds. The van der Waals surface area contributed by atoms with Crippen molar-refractivity contribution in [1.82, 2.24) is 0 Å². The standard InChI is InChI=1S/C11H21NO2/c1-3-4-5-9(2)6-10(8-12)7-11(13)14/h4-5,9-10H,3,6-8,12H2,1-2H3,(H,13,14)/b5-4+/t9-,10+/m1/s1. The lowest BCUT2D eigenvalue weighted by atomic mass is 9.93. The van der Waals surface area contributed by atoms with E-state index in [1.807, 2.05) is 0 Å². The van der Waals surface area contributed by atoms with Crippen molar-refractivity contribution >= 4 is 5.97 Å². The molecule has 0 aliphatic carbocycles. The predicted molar refractivity (Wildman–Crippen MR) is 58.0 cm³/mol. The van der Waals surface area contributed by atoms with Gasteiger partial charge in [-0.05, 0) is 31.2 Å². The van der Waals surface area contributed by atoms with E-state index in [2.05, 4.69) is 26.0 Å². The molecule has 0 spiro atoms. The zero-order valence-corrected chi connectivity index (χ0v) is 9.07. The van der Waals surface area contributed by atoms with Crippen LogP contribution in [0.5, 0.6) is 0 Å². The molecule has 0 radical (unpaired) electrons. The molecule has 0 bridgehead atoms. The van der Waals surface area contributed by atoms with Crippen molar-refractivity contribution in [2.75, 3.05) is 6.54 Å². The van der Waals surface area contributed by atoms with E-state index in [1.54, 1.807) is 0 Å². The molecule has 0 unspecified atom stereocenters. The van der Waals surface area contributed by atoms with Crippen LogP contribution in [0.25, 0.3) is 0 Å². The van der Waals surface area contributed by atoms with Gasteiger partial charge in [-0.3, -0.25) is 4.79 Å². The lowest BCUT2D eigenvalue weighted by molar-refractivity contribution is -0.138. The Morgan fingerprint density at radius 3 is 2.64 bits per heavy atom. The Morgan fingerprint density at radius 1 is 1.57 bits per heavy atom. The Bertz CT molecular complexity index is 190. The summed E-state index contributed by atoms with van der Waals surface area (Å²) in [6, 6.07) is 0. The van der Waals surface area contributed by atoms with Crippen LogP contribution in [-0.2, 0) is 4.79 Å². The molecule has 0 rings (SSSR count). The molecule has 0 aromatic rings. The zero-order valence-electron chi connectivity index (χ0n) is 9.07. The third-order valence-corrected chi connectivity index (χ3v) is 2.20. The minimum absolute atomic E-state index is 0.101. The van der Waals surface area contributed by atoms with E-state index in [1.165, 1.54) is 0 Å². The van der Waals surface area contributed by atoms with E-state index in [4.69, 9.17) is 10.8 Å². The molecule has 0 saturated heterocycles. The highest BCUT2D eigenvalue weighted by Crippen LogP contribution is 2.15. The number of hydrogen-bond acceptors (Lipinski definition) is 2. The van der Waals surface area contributed by atoms with Crippen molar-refractivity contribution in [2.24, 2.45) is 17.6 Å². The fraction of sp³-hybridized carbons (Fsp3) is 0.727. The summed E-state index contributed by atoms with van der Waals surface area (Å²) >= 11 is 0. The van der Waals surface area contributed by atoms with Gasteiger partial charge in [-0.15, -0.1) is 0 Å². The van der Waals surface area contributed by atoms with Crippen molar-refractivity contribution < 1.29 is 9.90 Å². The number of nitrogens with two attached hydrogens (primary N) is 1. The van der Waals surface area contributed by atoms with Crippen LogP contribution >= 0.6 is 0 Å². The van der Waals surface area contributed by atoms with E-state index in [0.717, 1.165) is 12.8 Å². The smallest absolute Gasteiger partial charge is 0.303 e. The molecule has 3 N–H and O–H groups in total. The summed E-state index contributed by atoms with van der Waals surface area (Å²) in [4.78, 5) is 10.5. The van der Waals surface area contributed by atoms with Crippen molar-refractivity contribution in [3.05, 3.63) is 12.2 Å². The van der Waals surface area contributed by atoms with Crippen molar-refractivity contribution in [2.45, 2.75) is 33.1 Å². The predicted octanol–water partition coefficient (Wildman–Crippen LogP) is 2.03. The summed E-state index contributed by atoms with van der Waals surface area (Å²) in [5, 5.41) is 8.63. The Hall–Kier alpha value is -0.830. The van der Waals surface area contributed by atoms with Gasteiger partial charge in [-0.1, -0.05) is 26.0 Å². The molecule has 0 aromatic heterocycles. The summed E-state index contributed by atoms with van der Waals surface area (Å²) in [7, 11) is 0. The van der Waals surface area contributed by atoms with E-state index < -0.39 is 5.97 Å². The van der Waals surface area contributed by atoms with Crippen molar-refractivity contribution in [3.8, 4) is 0 Å². The summed E-state index contributed by atoms with van der Waals surface area (Å²) < 4.78 is 0. The molecule has 14 heavy (non-hydrogen) atoms. The fourth-order valence-corrected chi connectivity index (χ4v) is 1.48. The van der Waals surface area contributed by atoms with Crippen molar-refractivity contribution in [3.63, 3.8) is 0 Å². The molecule has 0 aromatic carbocycles. The maximum atomic E-state index is 10.5. The molecule has 82 valence electrons. The third-order valence-electron chi connectivity index (χ3n) is 2.20. The Morgan fingerprint density at radius 2 is 2.21 bits per heavy atom. The maximum absolute atomic E-state index is 10.5. The lowest BCUT2D eigenvalue weighted by Crippen LogP contribution is -2.19. The van der Waals surface area contributed by atoms with Gasteiger partial charge in [0.15, 0.2) is 0 Å². The van der Waals surface area contributed by atoms with Crippen LogP contribution in [0.2, 0.25) is 0 Å². The molecule has 2 atom stereocenters. The second kappa shape index (κ2) is 7.56. The molecule has 3 nitrogen and oxygen atoms in total. The summed E-state index contributed by atoms with van der Waals surface area (Å²) in [5.74, 6) is -0.237. The van der Waals surface area contributed by atoms with Crippen LogP contribution in [-0.4, -0.2) is 17.6 Å².